The highest BCUT2D eigenvalue weighted by Gasteiger charge is 2.16. The lowest BCUT2D eigenvalue weighted by Crippen LogP contribution is -2.40. The third-order valence-corrected chi connectivity index (χ3v) is 2.78. The van der Waals surface area contributed by atoms with Crippen molar-refractivity contribution >= 4 is 5.91 Å². The summed E-state index contributed by atoms with van der Waals surface area (Å²) in [6, 6.07) is 0. The van der Waals surface area contributed by atoms with Crippen LogP contribution in [0.4, 0.5) is 0 Å². The van der Waals surface area contributed by atoms with Crippen molar-refractivity contribution in [2.24, 2.45) is 0 Å². The van der Waals surface area contributed by atoms with Gasteiger partial charge in [0.25, 0.3) is 0 Å². The zero-order chi connectivity index (χ0) is 11.1. The number of likely N-dealkylation sites (N-methyl/N-ethyl adjacent to an activating group) is 1. The molecular weight excluding hydrogens is 190 g/mol. The van der Waals surface area contributed by atoms with Crippen LogP contribution in [-0.2, 0) is 4.79 Å². The van der Waals surface area contributed by atoms with Gasteiger partial charge >= 0.3 is 0 Å². The van der Waals surface area contributed by atoms with E-state index < -0.39 is 0 Å². The summed E-state index contributed by atoms with van der Waals surface area (Å²) in [6.45, 7) is 7.43. The summed E-state index contributed by atoms with van der Waals surface area (Å²) < 4.78 is 0. The highest BCUT2D eigenvalue weighted by molar-refractivity contribution is 5.78. The van der Waals surface area contributed by atoms with E-state index in [9.17, 15) is 4.79 Å². The molecule has 4 heteroatoms. The molecule has 1 fully saturated rings. The molecule has 4 nitrogen and oxygen atoms in total. The fraction of sp³-hybridized carbons (Fsp3) is 0.909. The summed E-state index contributed by atoms with van der Waals surface area (Å²) in [6.07, 6.45) is 2.17. The zero-order valence-electron chi connectivity index (χ0n) is 9.96. The van der Waals surface area contributed by atoms with Gasteiger partial charge in [-0.2, -0.15) is 0 Å². The molecule has 0 atom stereocenters. The van der Waals surface area contributed by atoms with Crippen molar-refractivity contribution in [3.63, 3.8) is 0 Å². The zero-order valence-corrected chi connectivity index (χ0v) is 9.96. The Morgan fingerprint density at radius 3 is 2.80 bits per heavy atom. The second-order valence-corrected chi connectivity index (χ2v) is 4.21. The lowest BCUT2D eigenvalue weighted by molar-refractivity contribution is -0.130. The lowest BCUT2D eigenvalue weighted by atomic mass is 10.3. The second kappa shape index (κ2) is 6.80. The molecule has 0 aromatic heterocycles. The summed E-state index contributed by atoms with van der Waals surface area (Å²) in [7, 11) is 2.11. The van der Waals surface area contributed by atoms with Crippen LogP contribution < -0.4 is 5.32 Å². The molecule has 15 heavy (non-hydrogen) atoms. The Morgan fingerprint density at radius 1 is 1.27 bits per heavy atom. The van der Waals surface area contributed by atoms with Gasteiger partial charge in [0.05, 0.1) is 6.54 Å². The molecule has 0 aromatic rings. The van der Waals surface area contributed by atoms with E-state index in [1.807, 2.05) is 4.90 Å². The topological polar surface area (TPSA) is 35.6 Å². The maximum atomic E-state index is 11.8. The molecule has 1 aliphatic heterocycles. The Morgan fingerprint density at radius 2 is 2.07 bits per heavy atom. The molecule has 1 N–H and O–H groups in total. The van der Waals surface area contributed by atoms with Crippen LogP contribution in [0.15, 0.2) is 0 Å². The van der Waals surface area contributed by atoms with Crippen LogP contribution in [0.25, 0.3) is 0 Å². The van der Waals surface area contributed by atoms with E-state index in [-0.39, 0.29) is 5.91 Å². The molecule has 0 aromatic carbocycles. The van der Waals surface area contributed by atoms with Gasteiger partial charge in [-0.05, 0) is 33.0 Å². The molecule has 1 heterocycles. The van der Waals surface area contributed by atoms with Crippen molar-refractivity contribution in [3.8, 4) is 0 Å². The Bertz CT molecular complexity index is 196. The first-order valence-electron chi connectivity index (χ1n) is 5.91. The van der Waals surface area contributed by atoms with Crippen molar-refractivity contribution < 1.29 is 4.79 Å². The number of nitrogens with one attached hydrogen (secondary N) is 1. The van der Waals surface area contributed by atoms with Crippen LogP contribution in [-0.4, -0.2) is 62.0 Å². The van der Waals surface area contributed by atoms with E-state index in [1.54, 1.807) is 0 Å². The van der Waals surface area contributed by atoms with E-state index in [1.165, 1.54) is 0 Å². The van der Waals surface area contributed by atoms with Crippen LogP contribution in [0.5, 0.6) is 0 Å². The molecule has 1 rings (SSSR count). The van der Waals surface area contributed by atoms with E-state index in [0.717, 1.165) is 45.6 Å². The molecule has 1 aliphatic rings. The minimum absolute atomic E-state index is 0.249. The van der Waals surface area contributed by atoms with E-state index in [2.05, 4.69) is 24.2 Å². The quantitative estimate of drug-likeness (QED) is 0.675. The van der Waals surface area contributed by atoms with Gasteiger partial charge in [0, 0.05) is 19.6 Å². The predicted octanol–water partition coefficient (Wildman–Crippen LogP) is 0.150. The Balaban J connectivity index is 2.25. The SMILES string of the molecule is CCCNCC(=O)N1CCCN(C)CC1. The van der Waals surface area contributed by atoms with Crippen molar-refractivity contribution in [3.05, 3.63) is 0 Å². The van der Waals surface area contributed by atoms with Crippen molar-refractivity contribution in [1.29, 1.82) is 0 Å². The summed E-state index contributed by atoms with van der Waals surface area (Å²) in [5.41, 5.74) is 0. The second-order valence-electron chi connectivity index (χ2n) is 4.21. The first kappa shape index (κ1) is 12.5. The number of rotatable bonds is 4. The monoisotopic (exact) mass is 213 g/mol. The van der Waals surface area contributed by atoms with Gasteiger partial charge in [0.2, 0.25) is 5.91 Å². The molecule has 0 radical (unpaired) electrons. The Labute approximate surface area is 92.6 Å². The van der Waals surface area contributed by atoms with Gasteiger partial charge in [0.15, 0.2) is 0 Å². The molecular formula is C11H23N3O. The first-order valence-corrected chi connectivity index (χ1v) is 5.91. The van der Waals surface area contributed by atoms with E-state index in [0.29, 0.717) is 6.54 Å². The normalized spacial score (nSPS) is 18.9. The fourth-order valence-electron chi connectivity index (χ4n) is 1.78. The van der Waals surface area contributed by atoms with Gasteiger partial charge in [-0.15, -0.1) is 0 Å². The number of amides is 1. The summed E-state index contributed by atoms with van der Waals surface area (Å²) in [4.78, 5) is 16.0. The smallest absolute Gasteiger partial charge is 0.236 e. The summed E-state index contributed by atoms with van der Waals surface area (Å²) >= 11 is 0. The maximum Gasteiger partial charge on any atom is 0.236 e. The van der Waals surface area contributed by atoms with E-state index in [4.69, 9.17) is 0 Å². The molecule has 1 saturated heterocycles. The first-order chi connectivity index (χ1) is 7.24. The van der Waals surface area contributed by atoms with Gasteiger partial charge < -0.3 is 15.1 Å². The van der Waals surface area contributed by atoms with Gasteiger partial charge in [0.1, 0.15) is 0 Å². The number of nitrogens with zero attached hydrogens (tertiary/aromatic N) is 2. The minimum Gasteiger partial charge on any atom is -0.340 e. The third kappa shape index (κ3) is 4.62. The molecule has 0 spiro atoms. The van der Waals surface area contributed by atoms with Crippen LogP contribution in [0.1, 0.15) is 19.8 Å². The molecule has 0 aliphatic carbocycles. The average Bonchev–Trinajstić information content (AvgIpc) is 2.43. The molecule has 88 valence electrons. The average molecular weight is 213 g/mol. The summed E-state index contributed by atoms with van der Waals surface area (Å²) in [5, 5.41) is 3.16. The molecule has 0 bridgehead atoms. The maximum absolute atomic E-state index is 11.8. The van der Waals surface area contributed by atoms with E-state index >= 15 is 0 Å². The highest BCUT2D eigenvalue weighted by atomic mass is 16.2. The third-order valence-electron chi connectivity index (χ3n) is 2.78. The number of carbonyl (C=O) groups is 1. The van der Waals surface area contributed by atoms with Crippen LogP contribution >= 0.6 is 0 Å². The minimum atomic E-state index is 0.249. The Hall–Kier alpha value is -0.610. The van der Waals surface area contributed by atoms with Gasteiger partial charge in [-0.25, -0.2) is 0 Å². The highest BCUT2D eigenvalue weighted by Crippen LogP contribution is 2.00. The Kier molecular flexibility index (Phi) is 5.65. The van der Waals surface area contributed by atoms with Gasteiger partial charge in [-0.3, -0.25) is 4.79 Å². The largest absolute Gasteiger partial charge is 0.340 e. The number of hydrogen-bond donors (Lipinski definition) is 1. The predicted molar refractivity (Wildman–Crippen MR) is 61.9 cm³/mol. The summed E-state index contributed by atoms with van der Waals surface area (Å²) in [5.74, 6) is 0.249. The number of hydrogen-bond acceptors (Lipinski definition) is 3. The fourth-order valence-corrected chi connectivity index (χ4v) is 1.78. The van der Waals surface area contributed by atoms with Crippen molar-refractivity contribution in [1.82, 2.24) is 15.1 Å². The van der Waals surface area contributed by atoms with Crippen LogP contribution in [0, 0.1) is 0 Å². The number of carbonyl (C=O) groups excluding carboxylic acids is 1. The van der Waals surface area contributed by atoms with Crippen molar-refractivity contribution in [2.45, 2.75) is 19.8 Å². The molecule has 1 amide bonds. The van der Waals surface area contributed by atoms with Crippen LogP contribution in [0.2, 0.25) is 0 Å². The molecule has 0 unspecified atom stereocenters. The van der Waals surface area contributed by atoms with Crippen molar-refractivity contribution in [2.75, 3.05) is 46.3 Å². The molecule has 0 saturated carbocycles. The van der Waals surface area contributed by atoms with Gasteiger partial charge in [-0.1, -0.05) is 6.92 Å². The standard InChI is InChI=1S/C11H23N3O/c1-3-5-12-10-11(15)14-7-4-6-13(2)8-9-14/h12H,3-10H2,1-2H3. The van der Waals surface area contributed by atoms with Crippen LogP contribution in [0.3, 0.4) is 0 Å². The lowest BCUT2D eigenvalue weighted by Gasteiger charge is -2.20.